The van der Waals surface area contributed by atoms with Gasteiger partial charge in [-0.05, 0) is 31.0 Å². The molecule has 2 aliphatic rings. The fourth-order valence-electron chi connectivity index (χ4n) is 3.24. The van der Waals surface area contributed by atoms with Gasteiger partial charge < -0.3 is 9.26 Å². The lowest BCUT2D eigenvalue weighted by Gasteiger charge is -2.34. The van der Waals surface area contributed by atoms with E-state index in [4.69, 9.17) is 9.26 Å². The molecule has 1 saturated carbocycles. The van der Waals surface area contributed by atoms with E-state index in [9.17, 15) is 4.39 Å². The molecule has 0 amide bonds. The molecule has 2 aromatic rings. The molecule has 0 radical (unpaired) electrons. The molecule has 1 aromatic carbocycles. The number of nitrogens with zero attached hydrogens (tertiary/aromatic N) is 4. The molecule has 0 bridgehead atoms. The molecular formula is C18H23FN4O2. The van der Waals surface area contributed by atoms with Gasteiger partial charge in [-0.25, -0.2) is 4.39 Å². The van der Waals surface area contributed by atoms with Gasteiger partial charge >= 0.3 is 0 Å². The fourth-order valence-corrected chi connectivity index (χ4v) is 3.24. The van der Waals surface area contributed by atoms with E-state index in [0.29, 0.717) is 12.5 Å². The number of rotatable bonds is 6. The van der Waals surface area contributed by atoms with Gasteiger partial charge in [0.25, 0.3) is 0 Å². The van der Waals surface area contributed by atoms with Gasteiger partial charge in [0.2, 0.25) is 5.89 Å². The highest BCUT2D eigenvalue weighted by molar-refractivity contribution is 5.33. The topological polar surface area (TPSA) is 54.6 Å². The summed E-state index contributed by atoms with van der Waals surface area (Å²) < 4.78 is 24.2. The summed E-state index contributed by atoms with van der Waals surface area (Å²) in [5.41, 5.74) is 0.892. The van der Waals surface area contributed by atoms with Crippen molar-refractivity contribution in [1.82, 2.24) is 19.9 Å². The van der Waals surface area contributed by atoms with E-state index >= 15 is 0 Å². The van der Waals surface area contributed by atoms with E-state index in [2.05, 4.69) is 19.9 Å². The Labute approximate surface area is 146 Å². The van der Waals surface area contributed by atoms with Gasteiger partial charge in [-0.1, -0.05) is 5.16 Å². The van der Waals surface area contributed by atoms with Crippen LogP contribution in [-0.2, 0) is 13.1 Å². The number of ether oxygens (including phenoxy) is 1. The Kier molecular flexibility index (Phi) is 4.67. The molecule has 1 saturated heterocycles. The average molecular weight is 346 g/mol. The van der Waals surface area contributed by atoms with Crippen molar-refractivity contribution in [2.75, 3.05) is 33.3 Å². The molecule has 1 aliphatic heterocycles. The van der Waals surface area contributed by atoms with Crippen LogP contribution < -0.4 is 4.74 Å². The zero-order valence-electron chi connectivity index (χ0n) is 14.4. The van der Waals surface area contributed by atoms with Crippen molar-refractivity contribution in [1.29, 1.82) is 0 Å². The maximum atomic E-state index is 13.5. The van der Waals surface area contributed by atoms with Gasteiger partial charge in [0.1, 0.15) is 11.6 Å². The number of benzene rings is 1. The highest BCUT2D eigenvalue weighted by atomic mass is 19.1. The smallest absolute Gasteiger partial charge is 0.229 e. The van der Waals surface area contributed by atoms with Gasteiger partial charge in [-0.2, -0.15) is 4.98 Å². The van der Waals surface area contributed by atoms with Crippen molar-refractivity contribution < 1.29 is 13.7 Å². The third-order valence-corrected chi connectivity index (χ3v) is 4.88. The summed E-state index contributed by atoms with van der Waals surface area (Å²) >= 11 is 0. The van der Waals surface area contributed by atoms with Crippen LogP contribution in [0.3, 0.4) is 0 Å². The predicted molar refractivity (Wildman–Crippen MR) is 89.8 cm³/mol. The quantitative estimate of drug-likeness (QED) is 0.801. The third-order valence-electron chi connectivity index (χ3n) is 4.88. The number of piperazine rings is 1. The SMILES string of the molecule is COc1ccc(F)cc1CN1CCN(Cc2noc(C3CC3)n2)CC1. The standard InChI is InChI=1S/C18H23FN4O2/c1-24-16-5-4-15(19)10-14(16)11-22-6-8-23(9-7-22)12-17-20-18(25-21-17)13-2-3-13/h4-5,10,13H,2-3,6-9,11-12H2,1H3. The number of halogens is 1. The second-order valence-electron chi connectivity index (χ2n) is 6.83. The van der Waals surface area contributed by atoms with Crippen molar-refractivity contribution in [3.8, 4) is 5.75 Å². The first-order chi connectivity index (χ1) is 12.2. The minimum absolute atomic E-state index is 0.224. The minimum atomic E-state index is -0.224. The first kappa shape index (κ1) is 16.5. The van der Waals surface area contributed by atoms with Crippen LogP contribution in [0.15, 0.2) is 22.7 Å². The predicted octanol–water partition coefficient (Wildman–Crippen LogP) is 2.41. The number of hydrogen-bond donors (Lipinski definition) is 0. The largest absolute Gasteiger partial charge is 0.496 e. The van der Waals surface area contributed by atoms with Crippen LogP contribution >= 0.6 is 0 Å². The molecule has 6 nitrogen and oxygen atoms in total. The molecule has 0 N–H and O–H groups in total. The molecule has 1 aliphatic carbocycles. The van der Waals surface area contributed by atoms with E-state index in [1.165, 1.54) is 18.9 Å². The molecule has 4 rings (SSSR count). The van der Waals surface area contributed by atoms with Crippen LogP contribution in [0.2, 0.25) is 0 Å². The Morgan fingerprint density at radius 2 is 1.88 bits per heavy atom. The van der Waals surface area contributed by atoms with E-state index in [1.54, 1.807) is 19.2 Å². The van der Waals surface area contributed by atoms with Crippen LogP contribution in [0.4, 0.5) is 4.39 Å². The van der Waals surface area contributed by atoms with Crippen molar-refractivity contribution >= 4 is 0 Å². The Morgan fingerprint density at radius 3 is 2.56 bits per heavy atom. The lowest BCUT2D eigenvalue weighted by Crippen LogP contribution is -2.45. The molecule has 2 heterocycles. The molecule has 1 aromatic heterocycles. The summed E-state index contributed by atoms with van der Waals surface area (Å²) in [5, 5.41) is 4.09. The van der Waals surface area contributed by atoms with Crippen molar-refractivity contribution in [3.63, 3.8) is 0 Å². The van der Waals surface area contributed by atoms with E-state index in [-0.39, 0.29) is 5.82 Å². The van der Waals surface area contributed by atoms with E-state index in [0.717, 1.165) is 55.8 Å². The van der Waals surface area contributed by atoms with Gasteiger partial charge in [-0.3, -0.25) is 9.80 Å². The molecule has 2 fully saturated rings. The first-order valence-electron chi connectivity index (χ1n) is 8.81. The molecule has 0 spiro atoms. The Hall–Kier alpha value is -1.99. The monoisotopic (exact) mass is 346 g/mol. The Morgan fingerprint density at radius 1 is 1.16 bits per heavy atom. The van der Waals surface area contributed by atoms with Crippen molar-refractivity contribution in [2.24, 2.45) is 0 Å². The fraction of sp³-hybridized carbons (Fsp3) is 0.556. The van der Waals surface area contributed by atoms with Gasteiger partial charge in [0.15, 0.2) is 5.82 Å². The normalized spacial score (nSPS) is 19.3. The van der Waals surface area contributed by atoms with Crippen molar-refractivity contribution in [2.45, 2.75) is 31.8 Å². The van der Waals surface area contributed by atoms with E-state index < -0.39 is 0 Å². The third kappa shape index (κ3) is 3.99. The van der Waals surface area contributed by atoms with Crippen LogP contribution in [0, 0.1) is 5.82 Å². The lowest BCUT2D eigenvalue weighted by molar-refractivity contribution is 0.118. The summed E-state index contributed by atoms with van der Waals surface area (Å²) in [6, 6.07) is 4.68. The summed E-state index contributed by atoms with van der Waals surface area (Å²) in [6.45, 7) is 5.14. The summed E-state index contributed by atoms with van der Waals surface area (Å²) in [5.74, 6) is 2.59. The summed E-state index contributed by atoms with van der Waals surface area (Å²) in [7, 11) is 1.62. The van der Waals surface area contributed by atoms with Crippen LogP contribution in [0.1, 0.15) is 36.0 Å². The molecular weight excluding hydrogens is 323 g/mol. The number of hydrogen-bond acceptors (Lipinski definition) is 6. The highest BCUT2D eigenvalue weighted by Crippen LogP contribution is 2.38. The lowest BCUT2D eigenvalue weighted by atomic mass is 10.1. The van der Waals surface area contributed by atoms with E-state index in [1.807, 2.05) is 0 Å². The summed E-state index contributed by atoms with van der Waals surface area (Å²) in [4.78, 5) is 9.15. The van der Waals surface area contributed by atoms with Crippen LogP contribution in [0.25, 0.3) is 0 Å². The molecule has 134 valence electrons. The molecule has 0 unspecified atom stereocenters. The average Bonchev–Trinajstić information content (AvgIpc) is 3.37. The maximum Gasteiger partial charge on any atom is 0.229 e. The maximum absolute atomic E-state index is 13.5. The second-order valence-corrected chi connectivity index (χ2v) is 6.83. The summed E-state index contributed by atoms with van der Waals surface area (Å²) in [6.07, 6.45) is 2.34. The van der Waals surface area contributed by atoms with Crippen LogP contribution in [0.5, 0.6) is 5.75 Å². The molecule has 7 heteroatoms. The Bertz CT molecular complexity index is 724. The highest BCUT2D eigenvalue weighted by Gasteiger charge is 2.30. The first-order valence-corrected chi connectivity index (χ1v) is 8.81. The van der Waals surface area contributed by atoms with Gasteiger partial charge in [-0.15, -0.1) is 0 Å². The van der Waals surface area contributed by atoms with Gasteiger partial charge in [0.05, 0.1) is 13.7 Å². The number of methoxy groups -OCH3 is 1. The molecule has 0 atom stereocenters. The van der Waals surface area contributed by atoms with Crippen LogP contribution in [-0.4, -0.2) is 53.2 Å². The zero-order valence-corrected chi connectivity index (χ0v) is 14.4. The number of aromatic nitrogens is 2. The minimum Gasteiger partial charge on any atom is -0.496 e. The zero-order chi connectivity index (χ0) is 17.2. The Balaban J connectivity index is 1.30. The van der Waals surface area contributed by atoms with Gasteiger partial charge in [0, 0.05) is 44.2 Å². The molecule has 25 heavy (non-hydrogen) atoms. The second kappa shape index (κ2) is 7.09. The van der Waals surface area contributed by atoms with Crippen molar-refractivity contribution in [3.05, 3.63) is 41.3 Å².